The molecule has 10 heteroatoms. The number of piperidine rings is 1. The second-order valence-electron chi connectivity index (χ2n) is 11.9. The molecule has 0 radical (unpaired) electrons. The third-order valence-electron chi connectivity index (χ3n) is 9.27. The van der Waals surface area contributed by atoms with Crippen LogP contribution in [0.1, 0.15) is 43.0 Å². The summed E-state index contributed by atoms with van der Waals surface area (Å²) in [4.78, 5) is 9.26. The minimum Gasteiger partial charge on any atom is -0.385 e. The third-order valence-corrected chi connectivity index (χ3v) is 9.52. The Kier molecular flexibility index (Phi) is 6.87. The molecule has 4 N–H and O–H groups in total. The van der Waals surface area contributed by atoms with Gasteiger partial charge in [0.1, 0.15) is 6.23 Å². The van der Waals surface area contributed by atoms with Gasteiger partial charge in [-0.25, -0.2) is 4.52 Å². The van der Waals surface area contributed by atoms with Crippen LogP contribution in [-0.4, -0.2) is 69.0 Å². The molecule has 0 aliphatic carbocycles. The molecule has 4 aromatic rings. The first-order chi connectivity index (χ1) is 19.9. The number of benzene rings is 2. The van der Waals surface area contributed by atoms with Gasteiger partial charge in [-0.15, -0.1) is 5.10 Å². The van der Waals surface area contributed by atoms with Crippen molar-refractivity contribution in [1.82, 2.24) is 24.8 Å². The van der Waals surface area contributed by atoms with E-state index in [9.17, 15) is 10.2 Å². The summed E-state index contributed by atoms with van der Waals surface area (Å²) in [5.41, 5.74) is 3.88. The van der Waals surface area contributed by atoms with Crippen LogP contribution in [0.3, 0.4) is 0 Å². The number of aliphatic hydroxyl groups excluding tert-OH is 1. The monoisotopic (exact) mass is 573 g/mol. The summed E-state index contributed by atoms with van der Waals surface area (Å²) in [6, 6.07) is 19.4. The number of halogens is 1. The number of hydrogen-bond donors (Lipinski definition) is 4. The van der Waals surface area contributed by atoms with Crippen LogP contribution >= 0.6 is 11.6 Å². The van der Waals surface area contributed by atoms with Crippen molar-refractivity contribution >= 4 is 34.6 Å². The summed E-state index contributed by atoms with van der Waals surface area (Å²) in [5.74, 6) is 0.510. The fraction of sp³-hybridized carbons (Fsp3) is 0.419. The lowest BCUT2D eigenvalue weighted by molar-refractivity contribution is 0.0116. The maximum absolute atomic E-state index is 11.3. The maximum atomic E-state index is 11.3. The van der Waals surface area contributed by atoms with E-state index in [1.165, 1.54) is 6.42 Å². The molecule has 2 atom stereocenters. The predicted octanol–water partition coefficient (Wildman–Crippen LogP) is 4.29. The van der Waals surface area contributed by atoms with Crippen molar-refractivity contribution in [2.24, 2.45) is 5.41 Å². The van der Waals surface area contributed by atoms with Crippen LogP contribution in [0.2, 0.25) is 5.02 Å². The standard InChI is InChI=1S/C31H36ClN7O2/c32-24-7-5-23(6-8-24)31(41)13-18-37(19-14-31)26-2-1-16-39-27(26)35-29(36-39)34-25-9-3-22(4-10-25)28(40)38-17-12-30(21-38)11-15-33-20-30/h1-10,16,28,33,40-41H,11-15,17-21H2,(H,34,36). The summed E-state index contributed by atoms with van der Waals surface area (Å²) in [5, 5.41) is 34.5. The molecule has 1 spiro atoms. The smallest absolute Gasteiger partial charge is 0.247 e. The molecule has 9 nitrogen and oxygen atoms in total. The van der Waals surface area contributed by atoms with Gasteiger partial charge in [-0.3, -0.25) is 4.90 Å². The summed E-state index contributed by atoms with van der Waals surface area (Å²) >= 11 is 6.05. The van der Waals surface area contributed by atoms with Crippen molar-refractivity contribution in [1.29, 1.82) is 0 Å². The van der Waals surface area contributed by atoms with Gasteiger partial charge in [0.05, 0.1) is 11.3 Å². The van der Waals surface area contributed by atoms with E-state index in [0.29, 0.717) is 42.3 Å². The Hall–Kier alpha value is -3.21. The molecule has 3 aliphatic heterocycles. The van der Waals surface area contributed by atoms with Crippen LogP contribution in [0.5, 0.6) is 0 Å². The van der Waals surface area contributed by atoms with E-state index in [0.717, 1.165) is 60.7 Å². The lowest BCUT2D eigenvalue weighted by Crippen LogP contribution is -2.42. The van der Waals surface area contributed by atoms with Crippen molar-refractivity contribution < 1.29 is 10.2 Å². The molecule has 41 heavy (non-hydrogen) atoms. The minimum atomic E-state index is -0.865. The van der Waals surface area contributed by atoms with E-state index < -0.39 is 11.8 Å². The van der Waals surface area contributed by atoms with Gasteiger partial charge in [-0.1, -0.05) is 35.9 Å². The van der Waals surface area contributed by atoms with Crippen LogP contribution in [0.15, 0.2) is 66.9 Å². The molecule has 2 unspecified atom stereocenters. The molecule has 0 saturated carbocycles. The lowest BCUT2D eigenvalue weighted by Gasteiger charge is -2.39. The van der Waals surface area contributed by atoms with Crippen molar-refractivity contribution in [3.8, 4) is 0 Å². The summed E-state index contributed by atoms with van der Waals surface area (Å²) in [6.45, 7) is 5.39. The molecule has 5 heterocycles. The van der Waals surface area contributed by atoms with E-state index in [2.05, 4.69) is 31.6 Å². The van der Waals surface area contributed by atoms with Gasteiger partial charge in [-0.05, 0) is 85.2 Å². The van der Waals surface area contributed by atoms with Crippen LogP contribution in [0, 0.1) is 5.41 Å². The molecule has 3 fully saturated rings. The van der Waals surface area contributed by atoms with Crippen LogP contribution in [0.4, 0.5) is 17.3 Å². The van der Waals surface area contributed by atoms with Crippen LogP contribution in [0.25, 0.3) is 5.65 Å². The highest BCUT2D eigenvalue weighted by molar-refractivity contribution is 6.30. The number of aromatic nitrogens is 3. The second kappa shape index (κ2) is 10.6. The van der Waals surface area contributed by atoms with E-state index in [1.807, 2.05) is 60.8 Å². The number of nitrogens with one attached hydrogen (secondary N) is 2. The Morgan fingerprint density at radius 2 is 1.73 bits per heavy atom. The number of hydrogen-bond acceptors (Lipinski definition) is 8. The third kappa shape index (κ3) is 5.17. The van der Waals surface area contributed by atoms with E-state index in [-0.39, 0.29) is 0 Å². The Morgan fingerprint density at radius 3 is 2.46 bits per heavy atom. The zero-order valence-corrected chi connectivity index (χ0v) is 23.8. The van der Waals surface area contributed by atoms with Crippen molar-refractivity contribution in [3.63, 3.8) is 0 Å². The topological polar surface area (TPSA) is 101 Å². The lowest BCUT2D eigenvalue weighted by atomic mass is 9.84. The van der Waals surface area contributed by atoms with Gasteiger partial charge >= 0.3 is 0 Å². The highest BCUT2D eigenvalue weighted by Gasteiger charge is 2.42. The van der Waals surface area contributed by atoms with Gasteiger partial charge < -0.3 is 25.7 Å². The van der Waals surface area contributed by atoms with Crippen molar-refractivity contribution in [3.05, 3.63) is 83.0 Å². The van der Waals surface area contributed by atoms with Crippen LogP contribution < -0.4 is 15.5 Å². The Bertz CT molecular complexity index is 1510. The van der Waals surface area contributed by atoms with Gasteiger partial charge in [0.2, 0.25) is 5.95 Å². The van der Waals surface area contributed by atoms with Gasteiger partial charge in [-0.2, -0.15) is 4.98 Å². The molecule has 2 aromatic carbocycles. The van der Waals surface area contributed by atoms with Gasteiger partial charge in [0.25, 0.3) is 0 Å². The largest absolute Gasteiger partial charge is 0.385 e. The number of aliphatic hydroxyl groups is 2. The first-order valence-corrected chi connectivity index (χ1v) is 14.9. The van der Waals surface area contributed by atoms with E-state index >= 15 is 0 Å². The highest BCUT2D eigenvalue weighted by atomic mass is 35.5. The molecular formula is C31H36ClN7O2. The zero-order chi connectivity index (χ0) is 28.0. The molecule has 0 amide bonds. The average molecular weight is 574 g/mol. The van der Waals surface area contributed by atoms with Crippen molar-refractivity contribution in [2.75, 3.05) is 49.5 Å². The Labute approximate surface area is 244 Å². The minimum absolute atomic E-state index is 0.322. The second-order valence-corrected chi connectivity index (χ2v) is 12.3. The number of pyridine rings is 1. The fourth-order valence-corrected chi connectivity index (χ4v) is 6.89. The summed E-state index contributed by atoms with van der Waals surface area (Å²) < 4.78 is 1.79. The molecule has 3 aliphatic rings. The zero-order valence-electron chi connectivity index (χ0n) is 23.0. The molecular weight excluding hydrogens is 538 g/mol. The van der Waals surface area contributed by atoms with E-state index in [1.54, 1.807) is 4.52 Å². The Morgan fingerprint density at radius 1 is 0.951 bits per heavy atom. The normalized spacial score (nSPS) is 23.4. The van der Waals surface area contributed by atoms with Crippen molar-refractivity contribution in [2.45, 2.75) is 37.5 Å². The molecule has 2 aromatic heterocycles. The van der Waals surface area contributed by atoms with Gasteiger partial charge in [0, 0.05) is 49.6 Å². The first kappa shape index (κ1) is 26.7. The average Bonchev–Trinajstić information content (AvgIpc) is 3.74. The molecule has 0 bridgehead atoms. The SMILES string of the molecule is OC(c1ccc(Nc2nc3c(N4CCC(O)(c5ccc(Cl)cc5)CC4)cccn3n2)cc1)N1CCC2(CCNC2)C1. The van der Waals surface area contributed by atoms with Crippen LogP contribution in [-0.2, 0) is 5.60 Å². The number of fused-ring (bicyclic) bond motifs is 1. The molecule has 7 rings (SSSR count). The number of anilines is 3. The highest BCUT2D eigenvalue weighted by Crippen LogP contribution is 2.39. The predicted molar refractivity (Wildman–Crippen MR) is 161 cm³/mol. The Balaban J connectivity index is 1.02. The first-order valence-electron chi connectivity index (χ1n) is 14.5. The fourth-order valence-electron chi connectivity index (χ4n) is 6.76. The number of rotatable bonds is 6. The van der Waals surface area contributed by atoms with Gasteiger partial charge in [0.15, 0.2) is 5.65 Å². The quantitative estimate of drug-likeness (QED) is 0.271. The molecule has 3 saturated heterocycles. The van der Waals surface area contributed by atoms with E-state index in [4.69, 9.17) is 16.6 Å². The maximum Gasteiger partial charge on any atom is 0.247 e. The molecule has 214 valence electrons. The summed E-state index contributed by atoms with van der Waals surface area (Å²) in [7, 11) is 0. The number of nitrogens with zero attached hydrogens (tertiary/aromatic N) is 5. The summed E-state index contributed by atoms with van der Waals surface area (Å²) in [6.07, 6.45) is 4.86. The number of likely N-dealkylation sites (tertiary alicyclic amines) is 1.